The first-order chi connectivity index (χ1) is 3.83. The molecule has 1 unspecified atom stereocenters. The van der Waals surface area contributed by atoms with Crippen LogP contribution in [0.3, 0.4) is 0 Å². The molecule has 44 valence electrons. The summed E-state index contributed by atoms with van der Waals surface area (Å²) in [4.78, 5) is 0.925. The van der Waals surface area contributed by atoms with Gasteiger partial charge in [-0.1, -0.05) is 0 Å². The molecule has 0 fully saturated rings. The number of nitrogens with zero attached hydrogens (tertiary/aromatic N) is 2. The smallest absolute Gasteiger partial charge is 0.0677 e. The molecule has 0 aromatic carbocycles. The minimum Gasteiger partial charge on any atom is -0.244 e. The Balaban J connectivity index is 2.84. The highest BCUT2D eigenvalue weighted by Gasteiger charge is 1.88. The van der Waals surface area contributed by atoms with Gasteiger partial charge in [-0.2, -0.15) is 5.10 Å². The number of thiol groups is 1. The number of hydrogen-bond donors (Lipinski definition) is 1. The van der Waals surface area contributed by atoms with Crippen molar-refractivity contribution in [3.8, 4) is 0 Å². The second-order valence-electron chi connectivity index (χ2n) is 1.23. The maximum Gasteiger partial charge on any atom is 0.0677 e. The third kappa shape index (κ3) is 1.60. The van der Waals surface area contributed by atoms with E-state index >= 15 is 0 Å². The summed E-state index contributed by atoms with van der Waals surface area (Å²) in [6, 6.07) is 0. The van der Waals surface area contributed by atoms with Gasteiger partial charge < -0.3 is 0 Å². The first kappa shape index (κ1) is 6.83. The van der Waals surface area contributed by atoms with Gasteiger partial charge in [0.1, 0.15) is 0 Å². The lowest BCUT2D eigenvalue weighted by Gasteiger charge is -1.86. The fraction of sp³-hybridized carbons (Fsp3) is 0. The molecule has 0 aliphatic carbocycles. The van der Waals surface area contributed by atoms with Gasteiger partial charge in [-0.05, 0) is 22.0 Å². The lowest BCUT2D eigenvalue weighted by Crippen LogP contribution is -1.75. The van der Waals surface area contributed by atoms with Gasteiger partial charge in [-0.25, -0.2) is 4.45 Å². The normalized spacial score (nSPS) is 11.2. The molecule has 0 N–H and O–H groups in total. The highest BCUT2D eigenvalue weighted by molar-refractivity contribution is 14.2. The summed E-state index contributed by atoms with van der Waals surface area (Å²) in [6.07, 6.45) is 4.31. The predicted molar refractivity (Wildman–Crippen MR) is 47.2 cm³/mol. The monoisotopic (exact) mass is 258 g/mol. The van der Waals surface area contributed by atoms with Crippen LogP contribution in [0.25, 0.3) is 0 Å². The van der Waals surface area contributed by atoms with E-state index in [9.17, 15) is 0 Å². The first-order valence-electron chi connectivity index (χ1n) is 1.93. The third-order valence-corrected chi connectivity index (χ3v) is 2.79. The van der Waals surface area contributed by atoms with Crippen molar-refractivity contribution >= 4 is 41.0 Å². The molecule has 2 nitrogen and oxygen atoms in total. The van der Waals surface area contributed by atoms with Gasteiger partial charge >= 0.3 is 0 Å². The maximum atomic E-state index is 4.08. The molecule has 0 saturated carbocycles. The molecule has 0 aliphatic rings. The Bertz CT molecular complexity index is 178. The molecule has 5 heteroatoms. The second-order valence-corrected chi connectivity index (χ2v) is 3.82. The highest BCUT2D eigenvalue weighted by atomic mass is 127. The van der Waals surface area contributed by atoms with Crippen molar-refractivity contribution in [2.75, 3.05) is 0 Å². The molecule has 1 aromatic heterocycles. The van der Waals surface area contributed by atoms with Crippen LogP contribution < -0.4 is 0 Å². The van der Waals surface area contributed by atoms with Crippen LogP contribution in [0, 0.1) is 0 Å². The van der Waals surface area contributed by atoms with Crippen LogP contribution in [-0.4, -0.2) is 9.55 Å². The SMILES string of the molecule is Sc1cnn(PI)c1. The Morgan fingerprint density at radius 3 is 2.88 bits per heavy atom. The quantitative estimate of drug-likeness (QED) is 0.463. The van der Waals surface area contributed by atoms with E-state index in [2.05, 4.69) is 39.8 Å². The topological polar surface area (TPSA) is 17.8 Å². The Kier molecular flexibility index (Phi) is 2.59. The van der Waals surface area contributed by atoms with Gasteiger partial charge in [0.25, 0.3) is 0 Å². The predicted octanol–water partition coefficient (Wildman–Crippen LogP) is 1.96. The summed E-state index contributed by atoms with van der Waals surface area (Å²) >= 11 is 6.34. The van der Waals surface area contributed by atoms with Crippen LogP contribution in [0.15, 0.2) is 17.3 Å². The van der Waals surface area contributed by atoms with Crippen LogP contribution in [0.4, 0.5) is 0 Å². The Morgan fingerprint density at radius 2 is 2.62 bits per heavy atom. The van der Waals surface area contributed by atoms with Crippen molar-refractivity contribution in [1.29, 1.82) is 0 Å². The molecule has 0 aliphatic heterocycles. The molecular weight excluding hydrogens is 254 g/mol. The van der Waals surface area contributed by atoms with Gasteiger partial charge in [0.2, 0.25) is 0 Å². The largest absolute Gasteiger partial charge is 0.244 e. The molecule has 1 heterocycles. The van der Waals surface area contributed by atoms with Gasteiger partial charge in [0.05, 0.1) is 12.6 Å². The third-order valence-electron chi connectivity index (χ3n) is 0.656. The summed E-state index contributed by atoms with van der Waals surface area (Å²) in [6.45, 7) is 0. The molecular formula is C3H4IN2PS. The van der Waals surface area contributed by atoms with E-state index < -0.39 is 0 Å². The van der Waals surface area contributed by atoms with Crippen molar-refractivity contribution < 1.29 is 0 Å². The van der Waals surface area contributed by atoms with Crippen molar-refractivity contribution in [3.63, 3.8) is 0 Å². The second kappa shape index (κ2) is 3.03. The van der Waals surface area contributed by atoms with Gasteiger partial charge in [-0.3, -0.25) is 0 Å². The summed E-state index contributed by atoms with van der Waals surface area (Å²) in [5, 5.41) is 3.98. The molecule has 8 heavy (non-hydrogen) atoms. The molecule has 1 atom stereocenters. The molecule has 0 radical (unpaired) electrons. The van der Waals surface area contributed by atoms with E-state index in [0.29, 0.717) is 6.37 Å². The summed E-state index contributed by atoms with van der Waals surface area (Å²) in [7, 11) is 0. The standard InChI is InChI=1S/C3H4IN2PS/c4-7-6-2-3(8)1-5-6/h1-2,7-8H. The number of hydrogen-bond acceptors (Lipinski definition) is 2. The average Bonchev–Trinajstić information content (AvgIpc) is 2.14. The summed E-state index contributed by atoms with van der Waals surface area (Å²) < 4.78 is 1.85. The Labute approximate surface area is 67.8 Å². The fourth-order valence-electron chi connectivity index (χ4n) is 0.360. The minimum atomic E-state index is 0.678. The number of rotatable bonds is 1. The first-order valence-corrected chi connectivity index (χ1v) is 6.44. The lowest BCUT2D eigenvalue weighted by atomic mass is 10.7. The Hall–Kier alpha value is 0.720. The summed E-state index contributed by atoms with van der Waals surface area (Å²) in [5.74, 6) is 0. The zero-order chi connectivity index (χ0) is 5.98. The van der Waals surface area contributed by atoms with Crippen molar-refractivity contribution in [1.82, 2.24) is 9.55 Å². The van der Waals surface area contributed by atoms with Gasteiger partial charge in [0.15, 0.2) is 0 Å². The van der Waals surface area contributed by atoms with Gasteiger partial charge in [0, 0.05) is 11.1 Å². The van der Waals surface area contributed by atoms with E-state index in [1.165, 1.54) is 0 Å². The Morgan fingerprint density at radius 1 is 1.88 bits per heavy atom. The van der Waals surface area contributed by atoms with E-state index in [1.807, 2.05) is 10.6 Å². The van der Waals surface area contributed by atoms with E-state index in [4.69, 9.17) is 0 Å². The van der Waals surface area contributed by atoms with Crippen LogP contribution in [-0.2, 0) is 0 Å². The van der Waals surface area contributed by atoms with Crippen molar-refractivity contribution in [2.24, 2.45) is 0 Å². The van der Waals surface area contributed by atoms with Crippen LogP contribution in [0.5, 0.6) is 0 Å². The van der Waals surface area contributed by atoms with Crippen LogP contribution in [0.2, 0.25) is 0 Å². The van der Waals surface area contributed by atoms with Crippen LogP contribution in [0.1, 0.15) is 0 Å². The molecule has 0 saturated heterocycles. The molecule has 1 aromatic rings. The average molecular weight is 258 g/mol. The maximum absolute atomic E-state index is 4.08. The molecule has 1 rings (SSSR count). The fourth-order valence-corrected chi connectivity index (χ4v) is 1.71. The van der Waals surface area contributed by atoms with Gasteiger partial charge in [-0.15, -0.1) is 12.6 Å². The zero-order valence-electron chi connectivity index (χ0n) is 3.87. The van der Waals surface area contributed by atoms with Crippen molar-refractivity contribution in [2.45, 2.75) is 4.90 Å². The lowest BCUT2D eigenvalue weighted by molar-refractivity contribution is 1.01. The minimum absolute atomic E-state index is 0.678. The highest BCUT2D eigenvalue weighted by Crippen LogP contribution is 2.22. The molecule has 0 amide bonds. The molecule has 0 spiro atoms. The number of halogens is 1. The van der Waals surface area contributed by atoms with Crippen LogP contribution >= 0.6 is 41.0 Å². The van der Waals surface area contributed by atoms with E-state index in [0.717, 1.165) is 4.90 Å². The number of aromatic nitrogens is 2. The van der Waals surface area contributed by atoms with Crippen molar-refractivity contribution in [3.05, 3.63) is 12.4 Å². The van der Waals surface area contributed by atoms with E-state index in [-0.39, 0.29) is 0 Å². The molecule has 0 bridgehead atoms. The van der Waals surface area contributed by atoms with E-state index in [1.54, 1.807) is 6.20 Å². The summed E-state index contributed by atoms with van der Waals surface area (Å²) in [5.41, 5.74) is 0. The zero-order valence-corrected chi connectivity index (χ0v) is 7.93.